The highest BCUT2D eigenvalue weighted by molar-refractivity contribution is 4.42. The van der Waals surface area contributed by atoms with Gasteiger partial charge in [0, 0.05) is 11.0 Å². The SMILES string of the molecule is [2H]C([2H])(CN)CN(C([2H])([2H])[2H])C([2H])([2H])[2H]. The maximum Gasteiger partial charge on any atom is 0.0394 e. The monoisotopic (exact) mass is 110 g/mol. The largest absolute Gasteiger partial charge is 0.330 e. The van der Waals surface area contributed by atoms with Crippen molar-refractivity contribution in [1.29, 1.82) is 0 Å². The summed E-state index contributed by atoms with van der Waals surface area (Å²) in [5.74, 6) is 0. The van der Waals surface area contributed by atoms with E-state index in [0.29, 0.717) is 0 Å². The van der Waals surface area contributed by atoms with E-state index in [1.807, 2.05) is 0 Å². The van der Waals surface area contributed by atoms with Gasteiger partial charge >= 0.3 is 0 Å². The van der Waals surface area contributed by atoms with Gasteiger partial charge in [0.05, 0.1) is 0 Å². The Labute approximate surface area is 56.5 Å². The molecule has 0 amide bonds. The van der Waals surface area contributed by atoms with Crippen LogP contribution < -0.4 is 5.73 Å². The fraction of sp³-hybridized carbons (Fsp3) is 1.00. The second kappa shape index (κ2) is 4.09. The van der Waals surface area contributed by atoms with Gasteiger partial charge in [0.25, 0.3) is 0 Å². The van der Waals surface area contributed by atoms with Crippen LogP contribution in [0.2, 0.25) is 0 Å². The molecule has 0 unspecified atom stereocenters. The molecule has 0 aliphatic carbocycles. The maximum absolute atomic E-state index is 7.27. The van der Waals surface area contributed by atoms with Gasteiger partial charge in [-0.3, -0.25) is 0 Å². The standard InChI is InChI=1S/C5H14N2/c1-7(2)5-3-4-6/h3-6H2,1-2H3/i1D3,2D3,3D2. The number of hydrogen-bond acceptors (Lipinski definition) is 2. The molecule has 0 saturated carbocycles. The molecule has 0 saturated heterocycles. The van der Waals surface area contributed by atoms with Gasteiger partial charge in [-0.15, -0.1) is 0 Å². The summed E-state index contributed by atoms with van der Waals surface area (Å²) in [5, 5.41) is 0. The first-order valence-corrected chi connectivity index (χ1v) is 1.88. The van der Waals surface area contributed by atoms with Crippen molar-refractivity contribution in [3.8, 4) is 0 Å². The predicted molar refractivity (Wildman–Crippen MR) is 32.2 cm³/mol. The molecule has 0 rings (SSSR count). The van der Waals surface area contributed by atoms with Crippen molar-refractivity contribution in [2.75, 3.05) is 27.0 Å². The van der Waals surface area contributed by atoms with E-state index >= 15 is 0 Å². The van der Waals surface area contributed by atoms with E-state index in [2.05, 4.69) is 0 Å². The van der Waals surface area contributed by atoms with Crippen LogP contribution >= 0.6 is 0 Å². The van der Waals surface area contributed by atoms with E-state index < -0.39 is 33.4 Å². The van der Waals surface area contributed by atoms with Crippen LogP contribution in [0.15, 0.2) is 0 Å². The van der Waals surface area contributed by atoms with Crippen LogP contribution in [0.4, 0.5) is 0 Å². The number of nitrogens with two attached hydrogens (primary N) is 1. The molecule has 0 aromatic heterocycles. The molecule has 2 nitrogen and oxygen atoms in total. The zero-order chi connectivity index (χ0) is 12.5. The van der Waals surface area contributed by atoms with Gasteiger partial charge in [0.15, 0.2) is 0 Å². The van der Waals surface area contributed by atoms with E-state index in [1.54, 1.807) is 0 Å². The summed E-state index contributed by atoms with van der Waals surface area (Å²) in [6.07, 6.45) is -2.04. The normalized spacial score (nSPS) is 32.9. The summed E-state index contributed by atoms with van der Waals surface area (Å²) in [4.78, 5) is 0.160. The van der Waals surface area contributed by atoms with Gasteiger partial charge in [-0.1, -0.05) is 0 Å². The van der Waals surface area contributed by atoms with Crippen LogP contribution in [0, 0.1) is 0 Å². The lowest BCUT2D eigenvalue weighted by molar-refractivity contribution is 0.403. The Bertz CT molecular complexity index is 192. The zero-order valence-corrected chi connectivity index (χ0v) is 3.94. The summed E-state index contributed by atoms with van der Waals surface area (Å²) in [7, 11) is 0. The summed E-state index contributed by atoms with van der Waals surface area (Å²) in [6.45, 7) is -6.92. The molecule has 0 radical (unpaired) electrons. The van der Waals surface area contributed by atoms with Crippen molar-refractivity contribution in [3.63, 3.8) is 0 Å². The molecule has 0 atom stereocenters. The highest BCUT2D eigenvalue weighted by Gasteiger charge is 1.83. The van der Waals surface area contributed by atoms with Crippen LogP contribution in [0.3, 0.4) is 0 Å². The summed E-state index contributed by atoms with van der Waals surface area (Å²) in [6, 6.07) is 0. The average molecular weight is 110 g/mol. The fourth-order valence-electron chi connectivity index (χ4n) is 0.176. The minimum absolute atomic E-state index is 0.160. The van der Waals surface area contributed by atoms with Crippen LogP contribution in [-0.2, 0) is 0 Å². The van der Waals surface area contributed by atoms with Crippen molar-refractivity contribution in [1.82, 2.24) is 4.90 Å². The lowest BCUT2D eigenvalue weighted by Crippen LogP contribution is -2.16. The smallest absolute Gasteiger partial charge is 0.0394 e. The quantitative estimate of drug-likeness (QED) is 0.549. The highest BCUT2D eigenvalue weighted by Crippen LogP contribution is 1.76. The maximum atomic E-state index is 7.27. The minimum Gasteiger partial charge on any atom is -0.330 e. The van der Waals surface area contributed by atoms with Crippen LogP contribution in [0.5, 0.6) is 0 Å². The molecule has 0 aromatic rings. The molecular formula is C5H14N2. The molecule has 0 aromatic carbocycles. The zero-order valence-electron chi connectivity index (χ0n) is 11.9. The Morgan fingerprint density at radius 2 is 2.57 bits per heavy atom. The Morgan fingerprint density at radius 1 is 1.86 bits per heavy atom. The Hall–Kier alpha value is -0.0800. The summed E-state index contributed by atoms with van der Waals surface area (Å²) < 4.78 is 56.5. The predicted octanol–water partition coefficient (Wildman–Crippen LogP) is -0.103. The highest BCUT2D eigenvalue weighted by atomic mass is 15.0. The van der Waals surface area contributed by atoms with Crippen molar-refractivity contribution in [2.24, 2.45) is 5.73 Å². The molecule has 0 aliphatic rings. The molecule has 2 heteroatoms. The van der Waals surface area contributed by atoms with Gasteiger partial charge in [-0.25, -0.2) is 0 Å². The van der Waals surface area contributed by atoms with Crippen molar-refractivity contribution >= 4 is 0 Å². The van der Waals surface area contributed by atoms with Gasteiger partial charge < -0.3 is 10.6 Å². The summed E-state index contributed by atoms with van der Waals surface area (Å²) in [5.41, 5.74) is 5.07. The first-order chi connectivity index (χ1) is 6.40. The van der Waals surface area contributed by atoms with E-state index in [4.69, 9.17) is 16.7 Å². The number of rotatable bonds is 3. The average Bonchev–Trinajstić information content (AvgIpc) is 1.96. The second-order valence-electron chi connectivity index (χ2n) is 1.04. The van der Waals surface area contributed by atoms with Gasteiger partial charge in [-0.05, 0) is 33.4 Å². The lowest BCUT2D eigenvalue weighted by Gasteiger charge is -2.05. The Morgan fingerprint density at radius 3 is 3.00 bits per heavy atom. The molecule has 0 fully saturated rings. The molecule has 0 bridgehead atoms. The van der Waals surface area contributed by atoms with Crippen molar-refractivity contribution in [2.45, 2.75) is 6.37 Å². The third-order valence-corrected chi connectivity index (χ3v) is 0.414. The van der Waals surface area contributed by atoms with E-state index in [-0.39, 0.29) is 4.90 Å². The van der Waals surface area contributed by atoms with Gasteiger partial charge in [0.2, 0.25) is 0 Å². The van der Waals surface area contributed by atoms with Gasteiger partial charge in [0.1, 0.15) is 0 Å². The van der Waals surface area contributed by atoms with E-state index in [0.717, 1.165) is 0 Å². The van der Waals surface area contributed by atoms with E-state index in [9.17, 15) is 0 Å². The molecule has 0 aliphatic heterocycles. The minimum atomic E-state index is -2.87. The Kier molecular flexibility index (Phi) is 0.731. The van der Waals surface area contributed by atoms with Crippen molar-refractivity contribution in [3.05, 3.63) is 0 Å². The molecule has 44 valence electrons. The van der Waals surface area contributed by atoms with Crippen LogP contribution in [0.1, 0.15) is 17.3 Å². The second-order valence-corrected chi connectivity index (χ2v) is 1.04. The van der Waals surface area contributed by atoms with Crippen LogP contribution in [-0.4, -0.2) is 31.9 Å². The Balaban J connectivity index is 4.85. The third kappa shape index (κ3) is 5.92. The molecule has 0 heterocycles. The molecule has 2 N–H and O–H groups in total. The fourth-order valence-corrected chi connectivity index (χ4v) is 0.176. The topological polar surface area (TPSA) is 29.3 Å². The number of nitrogens with zero attached hydrogens (tertiary/aromatic N) is 1. The first-order valence-electron chi connectivity index (χ1n) is 5.88. The van der Waals surface area contributed by atoms with Crippen LogP contribution in [0.25, 0.3) is 0 Å². The summed E-state index contributed by atoms with van der Waals surface area (Å²) >= 11 is 0. The van der Waals surface area contributed by atoms with Crippen molar-refractivity contribution < 1.29 is 11.0 Å². The van der Waals surface area contributed by atoms with Gasteiger partial charge in [-0.2, -0.15) is 0 Å². The van der Waals surface area contributed by atoms with E-state index in [1.165, 1.54) is 0 Å². The molecule has 7 heavy (non-hydrogen) atoms. The molecule has 0 spiro atoms. The third-order valence-electron chi connectivity index (χ3n) is 0.414. The molecular weight excluding hydrogens is 88.1 g/mol. The lowest BCUT2D eigenvalue weighted by atomic mass is 10.4. The number of hydrogen-bond donors (Lipinski definition) is 1. The first kappa shape index (κ1) is 1.25.